The number of carbonyl (C=O) groups is 2. The summed E-state index contributed by atoms with van der Waals surface area (Å²) in [5, 5.41) is 19.5. The van der Waals surface area contributed by atoms with Crippen molar-refractivity contribution >= 4 is 51.0 Å². The number of nitro groups is 1. The van der Waals surface area contributed by atoms with E-state index in [1.165, 1.54) is 0 Å². The smallest absolute Gasteiger partial charge is 0.410 e. The Bertz CT molecular complexity index is 915. The van der Waals surface area contributed by atoms with Crippen LogP contribution in [-0.4, -0.2) is 60.6 Å². The number of carboxylic acids is 1. The molecule has 1 aromatic rings. The molecule has 0 atom stereocenters. The van der Waals surface area contributed by atoms with Crippen molar-refractivity contribution in [1.82, 2.24) is 9.62 Å². The number of nitro benzene ring substituents is 1. The summed E-state index contributed by atoms with van der Waals surface area (Å²) in [6.07, 6.45) is -0.963. The number of halogens is 2. The van der Waals surface area contributed by atoms with E-state index in [2.05, 4.69) is 4.72 Å². The lowest BCUT2D eigenvalue weighted by Gasteiger charge is -2.26. The molecule has 0 spiro atoms. The van der Waals surface area contributed by atoms with Crippen molar-refractivity contribution in [1.29, 1.82) is 0 Å². The van der Waals surface area contributed by atoms with Gasteiger partial charge >= 0.3 is 12.1 Å². The van der Waals surface area contributed by atoms with E-state index in [4.69, 9.17) is 33.0 Å². The van der Waals surface area contributed by atoms with Crippen LogP contribution in [0.4, 0.5) is 10.5 Å². The fourth-order valence-corrected chi connectivity index (χ4v) is 4.08. The van der Waals surface area contributed by atoms with Gasteiger partial charge in [-0.05, 0) is 26.8 Å². The highest BCUT2D eigenvalue weighted by Crippen LogP contribution is 2.34. The molecule has 1 rings (SSSR count). The highest BCUT2D eigenvalue weighted by Gasteiger charge is 2.30. The lowest BCUT2D eigenvalue weighted by molar-refractivity contribution is -0.387. The second-order valence-corrected chi connectivity index (χ2v) is 9.23. The maximum Gasteiger partial charge on any atom is 0.410 e. The van der Waals surface area contributed by atoms with Crippen LogP contribution in [0.3, 0.4) is 0 Å². The van der Waals surface area contributed by atoms with Crippen LogP contribution in [0.2, 0.25) is 10.0 Å². The van der Waals surface area contributed by atoms with Crippen molar-refractivity contribution in [3.63, 3.8) is 0 Å². The predicted molar refractivity (Wildman–Crippen MR) is 104 cm³/mol. The van der Waals surface area contributed by atoms with Gasteiger partial charge < -0.3 is 9.84 Å². The molecule has 0 aliphatic carbocycles. The number of nitrogens with one attached hydrogen (secondary N) is 1. The first-order valence-electron chi connectivity index (χ1n) is 7.97. The Morgan fingerprint density at radius 2 is 1.90 bits per heavy atom. The minimum atomic E-state index is -4.48. The van der Waals surface area contributed by atoms with Crippen molar-refractivity contribution in [2.75, 3.05) is 19.6 Å². The molecule has 11 nitrogen and oxygen atoms in total. The van der Waals surface area contributed by atoms with Gasteiger partial charge in [-0.25, -0.2) is 17.9 Å². The van der Waals surface area contributed by atoms with Gasteiger partial charge in [0.25, 0.3) is 5.69 Å². The van der Waals surface area contributed by atoms with E-state index in [0.29, 0.717) is 0 Å². The summed E-state index contributed by atoms with van der Waals surface area (Å²) >= 11 is 11.5. The molecule has 0 saturated heterocycles. The standard InChI is InChI=1S/C15H19Cl2N3O8S/c1-15(2,3)28-14(23)19(8-12(21)22)5-4-18-29(26,27)13-10(17)6-9(16)7-11(13)20(24)25/h6-7,18H,4-5,8H2,1-3H3,(H,21,22). The van der Waals surface area contributed by atoms with Gasteiger partial charge in [0.1, 0.15) is 12.1 Å². The normalized spacial score (nSPS) is 11.8. The number of rotatable bonds is 8. The zero-order chi connectivity index (χ0) is 22.6. The molecule has 0 fully saturated rings. The van der Waals surface area contributed by atoms with E-state index in [1.54, 1.807) is 20.8 Å². The van der Waals surface area contributed by atoms with Gasteiger partial charge in [-0.2, -0.15) is 0 Å². The number of nitrogens with zero attached hydrogens (tertiary/aromatic N) is 2. The molecule has 0 saturated carbocycles. The van der Waals surface area contributed by atoms with Crippen molar-refractivity contribution in [3.8, 4) is 0 Å². The maximum atomic E-state index is 12.5. The number of amides is 1. The fourth-order valence-electron chi connectivity index (χ4n) is 2.06. The minimum Gasteiger partial charge on any atom is -0.480 e. The highest BCUT2D eigenvalue weighted by molar-refractivity contribution is 7.89. The molecule has 0 heterocycles. The molecule has 1 amide bonds. The Balaban J connectivity index is 3.02. The van der Waals surface area contributed by atoms with Crippen LogP contribution < -0.4 is 4.72 Å². The van der Waals surface area contributed by atoms with Crippen LogP contribution in [0.5, 0.6) is 0 Å². The zero-order valence-corrected chi connectivity index (χ0v) is 18.0. The van der Waals surface area contributed by atoms with Gasteiger partial charge in [-0.3, -0.25) is 19.8 Å². The van der Waals surface area contributed by atoms with Gasteiger partial charge in [0, 0.05) is 24.2 Å². The van der Waals surface area contributed by atoms with Crippen LogP contribution in [0, 0.1) is 10.1 Å². The van der Waals surface area contributed by atoms with Crippen LogP contribution in [0.15, 0.2) is 17.0 Å². The van der Waals surface area contributed by atoms with Crippen LogP contribution >= 0.6 is 23.2 Å². The largest absolute Gasteiger partial charge is 0.480 e. The van der Waals surface area contributed by atoms with Gasteiger partial charge in [-0.15, -0.1) is 0 Å². The Hall–Kier alpha value is -2.15. The molecule has 0 aromatic heterocycles. The van der Waals surface area contributed by atoms with E-state index in [-0.39, 0.29) is 11.6 Å². The van der Waals surface area contributed by atoms with E-state index in [9.17, 15) is 28.1 Å². The highest BCUT2D eigenvalue weighted by atomic mass is 35.5. The molecule has 162 valence electrons. The lowest BCUT2D eigenvalue weighted by Crippen LogP contribution is -2.43. The number of sulfonamides is 1. The summed E-state index contributed by atoms with van der Waals surface area (Å²) in [5.41, 5.74) is -1.73. The van der Waals surface area contributed by atoms with Gasteiger partial charge in [0.2, 0.25) is 10.0 Å². The van der Waals surface area contributed by atoms with Gasteiger partial charge in [0.15, 0.2) is 4.90 Å². The van der Waals surface area contributed by atoms with Crippen molar-refractivity contribution in [3.05, 3.63) is 32.3 Å². The average Bonchev–Trinajstić information content (AvgIpc) is 2.50. The molecule has 0 aliphatic heterocycles. The van der Waals surface area contributed by atoms with E-state index in [0.717, 1.165) is 17.0 Å². The first-order chi connectivity index (χ1) is 13.1. The topological polar surface area (TPSA) is 156 Å². The summed E-state index contributed by atoms with van der Waals surface area (Å²) in [7, 11) is -4.48. The second-order valence-electron chi connectivity index (χ2n) is 6.69. The molecule has 0 unspecified atom stereocenters. The Labute approximate surface area is 176 Å². The number of carboxylic acid groups (broad SMARTS) is 1. The van der Waals surface area contributed by atoms with Gasteiger partial charge in [-0.1, -0.05) is 23.2 Å². The summed E-state index contributed by atoms with van der Waals surface area (Å²) in [6.45, 7) is 3.17. The number of benzene rings is 1. The van der Waals surface area contributed by atoms with E-state index >= 15 is 0 Å². The van der Waals surface area contributed by atoms with Crippen LogP contribution in [0.1, 0.15) is 20.8 Å². The third kappa shape index (κ3) is 7.65. The fraction of sp³-hybridized carbons (Fsp3) is 0.467. The molecular formula is C15H19Cl2N3O8S. The van der Waals surface area contributed by atoms with E-state index in [1.807, 2.05) is 0 Å². The molecule has 0 aliphatic rings. The Morgan fingerprint density at radius 3 is 2.38 bits per heavy atom. The lowest BCUT2D eigenvalue weighted by atomic mass is 10.2. The molecule has 0 bridgehead atoms. The molecule has 29 heavy (non-hydrogen) atoms. The number of hydrogen-bond donors (Lipinski definition) is 2. The number of ether oxygens (including phenoxy) is 1. The third-order valence-corrected chi connectivity index (χ3v) is 5.28. The average molecular weight is 472 g/mol. The van der Waals surface area contributed by atoms with Crippen molar-refractivity contribution < 1.29 is 32.8 Å². The first kappa shape index (κ1) is 24.9. The summed E-state index contributed by atoms with van der Waals surface area (Å²) in [6, 6.07) is 1.86. The predicted octanol–water partition coefficient (Wildman–Crippen LogP) is 2.50. The summed E-state index contributed by atoms with van der Waals surface area (Å²) in [4.78, 5) is 33.2. The maximum absolute atomic E-state index is 12.5. The molecule has 0 radical (unpaired) electrons. The zero-order valence-electron chi connectivity index (χ0n) is 15.6. The molecule has 1 aromatic carbocycles. The van der Waals surface area contributed by atoms with Crippen molar-refractivity contribution in [2.45, 2.75) is 31.3 Å². The van der Waals surface area contributed by atoms with Crippen LogP contribution in [-0.2, 0) is 19.6 Å². The Morgan fingerprint density at radius 1 is 1.31 bits per heavy atom. The monoisotopic (exact) mass is 471 g/mol. The number of carbonyl (C=O) groups excluding carboxylic acids is 1. The van der Waals surface area contributed by atoms with Gasteiger partial charge in [0.05, 0.1) is 9.95 Å². The van der Waals surface area contributed by atoms with E-state index < -0.39 is 61.3 Å². The molecule has 2 N–H and O–H groups in total. The third-order valence-electron chi connectivity index (χ3n) is 3.11. The SMILES string of the molecule is CC(C)(C)OC(=O)N(CCNS(=O)(=O)c1c(Cl)cc(Cl)cc1[N+](=O)[O-])CC(=O)O. The number of hydrogen-bond acceptors (Lipinski definition) is 7. The quantitative estimate of drug-likeness (QED) is 0.432. The Kier molecular flexibility index (Phi) is 8.21. The number of aliphatic carboxylic acids is 1. The second kappa shape index (κ2) is 9.57. The van der Waals surface area contributed by atoms with Crippen LogP contribution in [0.25, 0.3) is 0 Å². The summed E-state index contributed by atoms with van der Waals surface area (Å²) < 4.78 is 32.1. The minimum absolute atomic E-state index is 0.127. The first-order valence-corrected chi connectivity index (χ1v) is 10.2. The molecule has 14 heteroatoms. The summed E-state index contributed by atoms with van der Waals surface area (Å²) in [5.74, 6) is -1.34. The molecular weight excluding hydrogens is 453 g/mol. The van der Waals surface area contributed by atoms with Crippen molar-refractivity contribution in [2.24, 2.45) is 0 Å².